The minimum Gasteiger partial charge on any atom is -0.397 e. The molecule has 0 heterocycles. The summed E-state index contributed by atoms with van der Waals surface area (Å²) >= 11 is 11.7. The second kappa shape index (κ2) is 4.96. The molecule has 6 heteroatoms. The van der Waals surface area contributed by atoms with Gasteiger partial charge in [0.25, 0.3) is 5.91 Å². The van der Waals surface area contributed by atoms with Crippen molar-refractivity contribution in [2.24, 2.45) is 0 Å². The van der Waals surface area contributed by atoms with Crippen LogP contribution in [-0.4, -0.2) is 23.2 Å². The molecule has 1 aromatic rings. The Bertz CT molecular complexity index is 458. The number of hydrogen-bond acceptors (Lipinski definition) is 3. The van der Waals surface area contributed by atoms with Crippen molar-refractivity contribution in [2.75, 3.05) is 12.3 Å². The molecule has 1 saturated carbocycles. The van der Waals surface area contributed by atoms with Gasteiger partial charge in [0.1, 0.15) is 0 Å². The highest BCUT2D eigenvalue weighted by Crippen LogP contribution is 2.33. The lowest BCUT2D eigenvalue weighted by molar-refractivity contribution is 0.0641. The van der Waals surface area contributed by atoms with Gasteiger partial charge in [0, 0.05) is 5.56 Å². The van der Waals surface area contributed by atoms with Crippen molar-refractivity contribution in [3.63, 3.8) is 0 Å². The van der Waals surface area contributed by atoms with Crippen LogP contribution in [0.2, 0.25) is 10.0 Å². The van der Waals surface area contributed by atoms with Crippen molar-refractivity contribution < 1.29 is 9.90 Å². The Morgan fingerprint density at radius 1 is 1.44 bits per heavy atom. The fraction of sp³-hybridized carbons (Fsp3) is 0.417. The molecule has 0 bridgehead atoms. The first-order valence-corrected chi connectivity index (χ1v) is 6.41. The Labute approximate surface area is 115 Å². The van der Waals surface area contributed by atoms with Crippen LogP contribution in [0.4, 0.5) is 5.69 Å². The first-order chi connectivity index (χ1) is 8.47. The predicted octanol–water partition coefficient (Wildman–Crippen LogP) is 2.22. The number of anilines is 1. The van der Waals surface area contributed by atoms with E-state index in [2.05, 4.69) is 5.32 Å². The van der Waals surface area contributed by atoms with Gasteiger partial charge in [0.15, 0.2) is 0 Å². The molecule has 2 rings (SSSR count). The molecule has 4 N–H and O–H groups in total. The average Bonchev–Trinajstić information content (AvgIpc) is 2.29. The van der Waals surface area contributed by atoms with Crippen molar-refractivity contribution in [3.8, 4) is 0 Å². The van der Waals surface area contributed by atoms with Gasteiger partial charge in [-0.3, -0.25) is 4.79 Å². The lowest BCUT2D eigenvalue weighted by Crippen LogP contribution is -2.56. The Kier molecular flexibility index (Phi) is 3.71. The lowest BCUT2D eigenvalue weighted by Gasteiger charge is -2.41. The number of nitrogens with two attached hydrogens (primary N) is 1. The van der Waals surface area contributed by atoms with Crippen LogP contribution < -0.4 is 11.1 Å². The van der Waals surface area contributed by atoms with Gasteiger partial charge in [-0.1, -0.05) is 23.2 Å². The summed E-state index contributed by atoms with van der Waals surface area (Å²) in [6.45, 7) is -0.0600. The smallest absolute Gasteiger partial charge is 0.251 e. The van der Waals surface area contributed by atoms with E-state index in [9.17, 15) is 9.90 Å². The van der Waals surface area contributed by atoms with E-state index in [-0.39, 0.29) is 28.2 Å². The number of carbonyl (C=O) groups is 1. The number of benzene rings is 1. The standard InChI is InChI=1S/C12H14Cl2N2O2/c13-8-4-7(5-9(15)10(8)14)11(18)16-12(6-17)2-1-3-12/h4-5,17H,1-3,6,15H2,(H,16,18). The van der Waals surface area contributed by atoms with Gasteiger partial charge in [0.05, 0.1) is 27.9 Å². The Hall–Kier alpha value is -0.970. The number of carbonyl (C=O) groups excluding carboxylic acids is 1. The normalized spacial score (nSPS) is 17.1. The third-order valence-corrected chi connectivity index (χ3v) is 4.13. The quantitative estimate of drug-likeness (QED) is 0.747. The zero-order chi connectivity index (χ0) is 13.3. The molecule has 1 fully saturated rings. The fourth-order valence-corrected chi connectivity index (χ4v) is 2.32. The molecular weight excluding hydrogens is 275 g/mol. The van der Waals surface area contributed by atoms with Crippen molar-refractivity contribution >= 4 is 34.8 Å². The van der Waals surface area contributed by atoms with Crippen LogP contribution in [0.3, 0.4) is 0 Å². The van der Waals surface area contributed by atoms with Gasteiger partial charge in [0.2, 0.25) is 0 Å². The maximum Gasteiger partial charge on any atom is 0.251 e. The number of amides is 1. The van der Waals surface area contributed by atoms with Crippen LogP contribution in [0, 0.1) is 0 Å². The minimum atomic E-state index is -0.488. The SMILES string of the molecule is Nc1cc(C(=O)NC2(CO)CCC2)cc(Cl)c1Cl. The van der Waals surface area contributed by atoms with Crippen LogP contribution in [0.1, 0.15) is 29.6 Å². The van der Waals surface area contributed by atoms with Crippen LogP contribution in [0.15, 0.2) is 12.1 Å². The summed E-state index contributed by atoms with van der Waals surface area (Å²) < 4.78 is 0. The number of nitrogen functional groups attached to an aromatic ring is 1. The number of hydrogen-bond donors (Lipinski definition) is 3. The average molecular weight is 289 g/mol. The molecule has 1 amide bonds. The van der Waals surface area contributed by atoms with Crippen molar-refractivity contribution in [1.82, 2.24) is 5.32 Å². The number of nitrogens with one attached hydrogen (secondary N) is 1. The van der Waals surface area contributed by atoms with Gasteiger partial charge < -0.3 is 16.2 Å². The fourth-order valence-electron chi connectivity index (χ4n) is 1.98. The van der Waals surface area contributed by atoms with Crippen molar-refractivity contribution in [3.05, 3.63) is 27.7 Å². The van der Waals surface area contributed by atoms with Crippen LogP contribution >= 0.6 is 23.2 Å². The number of aliphatic hydroxyl groups is 1. The van der Waals surface area contributed by atoms with Crippen LogP contribution in [0.25, 0.3) is 0 Å². The van der Waals surface area contributed by atoms with E-state index in [0.717, 1.165) is 19.3 Å². The van der Waals surface area contributed by atoms with Gasteiger partial charge >= 0.3 is 0 Å². The predicted molar refractivity (Wildman–Crippen MR) is 72.0 cm³/mol. The molecule has 18 heavy (non-hydrogen) atoms. The summed E-state index contributed by atoms with van der Waals surface area (Å²) in [6.07, 6.45) is 2.57. The third kappa shape index (κ3) is 2.41. The largest absolute Gasteiger partial charge is 0.397 e. The highest BCUT2D eigenvalue weighted by molar-refractivity contribution is 6.43. The van der Waals surface area contributed by atoms with E-state index in [0.29, 0.717) is 5.56 Å². The number of halogens is 2. The maximum atomic E-state index is 12.0. The van der Waals surface area contributed by atoms with Gasteiger partial charge in [-0.15, -0.1) is 0 Å². The first kappa shape index (κ1) is 13.5. The molecule has 1 aliphatic carbocycles. The Balaban J connectivity index is 2.19. The second-order valence-corrected chi connectivity index (χ2v) is 5.39. The van der Waals surface area contributed by atoms with Crippen LogP contribution in [-0.2, 0) is 0 Å². The topological polar surface area (TPSA) is 75.4 Å². The molecule has 4 nitrogen and oxygen atoms in total. The minimum absolute atomic E-state index is 0.0600. The molecule has 0 atom stereocenters. The highest BCUT2D eigenvalue weighted by Gasteiger charge is 2.37. The lowest BCUT2D eigenvalue weighted by atomic mass is 9.77. The zero-order valence-electron chi connectivity index (χ0n) is 9.67. The van der Waals surface area contributed by atoms with E-state index in [1.54, 1.807) is 0 Å². The van der Waals surface area contributed by atoms with E-state index in [1.165, 1.54) is 12.1 Å². The molecule has 0 unspecified atom stereocenters. The monoisotopic (exact) mass is 288 g/mol. The summed E-state index contributed by atoms with van der Waals surface area (Å²) in [5.74, 6) is -0.297. The third-order valence-electron chi connectivity index (χ3n) is 3.31. The summed E-state index contributed by atoms with van der Waals surface area (Å²) in [5, 5.41) is 12.6. The van der Waals surface area contributed by atoms with Gasteiger partial charge in [-0.05, 0) is 31.4 Å². The van der Waals surface area contributed by atoms with E-state index >= 15 is 0 Å². The molecular formula is C12H14Cl2N2O2. The van der Waals surface area contributed by atoms with Gasteiger partial charge in [-0.2, -0.15) is 0 Å². The Morgan fingerprint density at radius 2 is 2.11 bits per heavy atom. The molecule has 0 aromatic heterocycles. The van der Waals surface area contributed by atoms with E-state index in [1.807, 2.05) is 0 Å². The molecule has 0 aliphatic heterocycles. The molecule has 0 radical (unpaired) electrons. The zero-order valence-corrected chi connectivity index (χ0v) is 11.2. The summed E-state index contributed by atoms with van der Waals surface area (Å²) in [4.78, 5) is 12.0. The molecule has 0 spiro atoms. The second-order valence-electron chi connectivity index (χ2n) is 4.61. The van der Waals surface area contributed by atoms with Gasteiger partial charge in [-0.25, -0.2) is 0 Å². The van der Waals surface area contributed by atoms with E-state index < -0.39 is 5.54 Å². The Morgan fingerprint density at radius 3 is 2.56 bits per heavy atom. The summed E-state index contributed by atoms with van der Waals surface area (Å²) in [7, 11) is 0. The molecule has 0 saturated heterocycles. The van der Waals surface area contributed by atoms with Crippen LogP contribution in [0.5, 0.6) is 0 Å². The van der Waals surface area contributed by atoms with Crippen molar-refractivity contribution in [1.29, 1.82) is 0 Å². The molecule has 1 aliphatic rings. The first-order valence-electron chi connectivity index (χ1n) is 5.65. The van der Waals surface area contributed by atoms with Crippen molar-refractivity contribution in [2.45, 2.75) is 24.8 Å². The number of rotatable bonds is 3. The molecule has 98 valence electrons. The number of aliphatic hydroxyl groups excluding tert-OH is 1. The molecule has 1 aromatic carbocycles. The summed E-state index contributed by atoms with van der Waals surface area (Å²) in [6, 6.07) is 2.95. The maximum absolute atomic E-state index is 12.0. The highest BCUT2D eigenvalue weighted by atomic mass is 35.5. The van der Waals surface area contributed by atoms with E-state index in [4.69, 9.17) is 28.9 Å². The summed E-state index contributed by atoms with van der Waals surface area (Å²) in [5.41, 5.74) is 5.78.